The van der Waals surface area contributed by atoms with E-state index in [4.69, 9.17) is 10.9 Å². The first kappa shape index (κ1) is 16.6. The molecule has 0 saturated carbocycles. The molecule has 0 aliphatic heterocycles. The summed E-state index contributed by atoms with van der Waals surface area (Å²) in [5.41, 5.74) is 5.90. The standard InChI is InChI=1S/C9H18N2O3.ClH/c1-14-9(12)6-4-2-3-5-8(7-10)11-13;/h13H,2-7,10H2,1H3;1H/b11-8+;. The number of hydrogen-bond acceptors (Lipinski definition) is 5. The van der Waals surface area contributed by atoms with E-state index in [0.717, 1.165) is 19.3 Å². The smallest absolute Gasteiger partial charge is 0.305 e. The summed E-state index contributed by atoms with van der Waals surface area (Å²) < 4.78 is 4.50. The summed E-state index contributed by atoms with van der Waals surface area (Å²) in [4.78, 5) is 10.7. The van der Waals surface area contributed by atoms with Crippen LogP contribution in [0.15, 0.2) is 5.16 Å². The summed E-state index contributed by atoms with van der Waals surface area (Å²) in [7, 11) is 1.38. The Balaban J connectivity index is 0. The number of esters is 1. The maximum atomic E-state index is 10.7. The molecule has 0 aromatic heterocycles. The van der Waals surface area contributed by atoms with Crippen molar-refractivity contribution >= 4 is 24.1 Å². The van der Waals surface area contributed by atoms with Crippen molar-refractivity contribution in [3.8, 4) is 0 Å². The van der Waals surface area contributed by atoms with Gasteiger partial charge < -0.3 is 15.7 Å². The molecule has 0 unspecified atom stereocenters. The number of ether oxygens (including phenoxy) is 1. The second-order valence-corrected chi connectivity index (χ2v) is 3.01. The highest BCUT2D eigenvalue weighted by molar-refractivity contribution is 5.85. The van der Waals surface area contributed by atoms with E-state index in [1.807, 2.05) is 0 Å². The summed E-state index contributed by atoms with van der Waals surface area (Å²) in [5.74, 6) is -0.181. The Morgan fingerprint density at radius 3 is 2.40 bits per heavy atom. The molecule has 0 amide bonds. The molecular weight excluding hydrogens is 220 g/mol. The first-order chi connectivity index (χ1) is 6.74. The fourth-order valence-corrected chi connectivity index (χ4v) is 1.07. The summed E-state index contributed by atoms with van der Waals surface area (Å²) in [6, 6.07) is 0. The first-order valence-corrected chi connectivity index (χ1v) is 4.71. The van der Waals surface area contributed by atoms with Crippen LogP contribution >= 0.6 is 12.4 Å². The third-order valence-electron chi connectivity index (χ3n) is 1.95. The molecule has 15 heavy (non-hydrogen) atoms. The molecule has 0 aliphatic carbocycles. The third kappa shape index (κ3) is 9.49. The van der Waals surface area contributed by atoms with Gasteiger partial charge >= 0.3 is 5.97 Å². The highest BCUT2D eigenvalue weighted by atomic mass is 35.5. The van der Waals surface area contributed by atoms with E-state index >= 15 is 0 Å². The first-order valence-electron chi connectivity index (χ1n) is 4.71. The van der Waals surface area contributed by atoms with E-state index in [9.17, 15) is 4.79 Å². The molecule has 0 rings (SSSR count). The SMILES string of the molecule is COC(=O)CCCCC/C(CN)=N\O.Cl. The molecule has 0 aromatic carbocycles. The predicted molar refractivity (Wildman–Crippen MR) is 60.6 cm³/mol. The number of nitrogens with zero attached hydrogens (tertiary/aromatic N) is 1. The second kappa shape index (κ2) is 11.3. The number of unbranched alkanes of at least 4 members (excludes halogenated alkanes) is 2. The Hall–Kier alpha value is -0.810. The molecule has 90 valence electrons. The highest BCUT2D eigenvalue weighted by Gasteiger charge is 2.00. The Labute approximate surface area is 96.1 Å². The van der Waals surface area contributed by atoms with Gasteiger partial charge in [-0.05, 0) is 19.3 Å². The summed E-state index contributed by atoms with van der Waals surface area (Å²) in [6.45, 7) is 0.285. The van der Waals surface area contributed by atoms with Gasteiger partial charge in [0, 0.05) is 13.0 Å². The van der Waals surface area contributed by atoms with Crippen LogP contribution in [0.3, 0.4) is 0 Å². The van der Waals surface area contributed by atoms with Gasteiger partial charge in [0.05, 0.1) is 12.8 Å². The fourth-order valence-electron chi connectivity index (χ4n) is 1.07. The zero-order chi connectivity index (χ0) is 10.8. The molecular formula is C9H19ClN2O3. The van der Waals surface area contributed by atoms with Crippen LogP contribution in [0.4, 0.5) is 0 Å². The van der Waals surface area contributed by atoms with Crippen LogP contribution in [0.1, 0.15) is 32.1 Å². The van der Waals surface area contributed by atoms with Gasteiger partial charge in [-0.3, -0.25) is 4.79 Å². The predicted octanol–water partition coefficient (Wildman–Crippen LogP) is 1.32. The van der Waals surface area contributed by atoms with E-state index in [0.29, 0.717) is 18.6 Å². The van der Waals surface area contributed by atoms with Gasteiger partial charge in [0.2, 0.25) is 0 Å². The molecule has 5 nitrogen and oxygen atoms in total. The van der Waals surface area contributed by atoms with Crippen LogP contribution in [-0.2, 0) is 9.53 Å². The molecule has 0 spiro atoms. The van der Waals surface area contributed by atoms with Crippen LogP contribution < -0.4 is 5.73 Å². The van der Waals surface area contributed by atoms with Crippen molar-refractivity contribution in [2.45, 2.75) is 32.1 Å². The lowest BCUT2D eigenvalue weighted by molar-refractivity contribution is -0.140. The van der Waals surface area contributed by atoms with E-state index in [2.05, 4.69) is 9.89 Å². The van der Waals surface area contributed by atoms with Gasteiger partial charge in [0.15, 0.2) is 0 Å². The molecule has 0 radical (unpaired) electrons. The minimum absolute atomic E-state index is 0. The van der Waals surface area contributed by atoms with E-state index in [1.54, 1.807) is 0 Å². The summed E-state index contributed by atoms with van der Waals surface area (Å²) in [5, 5.41) is 11.5. The molecule has 0 heterocycles. The number of rotatable bonds is 7. The second-order valence-electron chi connectivity index (χ2n) is 3.01. The van der Waals surface area contributed by atoms with Crippen molar-refractivity contribution in [3.63, 3.8) is 0 Å². The van der Waals surface area contributed by atoms with E-state index in [-0.39, 0.29) is 24.9 Å². The number of carbonyl (C=O) groups is 1. The van der Waals surface area contributed by atoms with Crippen molar-refractivity contribution in [1.29, 1.82) is 0 Å². The lowest BCUT2D eigenvalue weighted by Gasteiger charge is -2.01. The molecule has 0 aromatic rings. The molecule has 0 bridgehead atoms. The van der Waals surface area contributed by atoms with Crippen molar-refractivity contribution in [2.24, 2.45) is 10.9 Å². The Morgan fingerprint density at radius 2 is 1.93 bits per heavy atom. The molecule has 0 saturated heterocycles. The zero-order valence-corrected chi connectivity index (χ0v) is 9.76. The largest absolute Gasteiger partial charge is 0.469 e. The number of halogens is 1. The number of oxime groups is 1. The van der Waals surface area contributed by atoms with E-state index < -0.39 is 0 Å². The van der Waals surface area contributed by atoms with Gasteiger partial charge in [-0.15, -0.1) is 12.4 Å². The number of hydrogen-bond donors (Lipinski definition) is 2. The van der Waals surface area contributed by atoms with Crippen LogP contribution in [0.25, 0.3) is 0 Å². The van der Waals surface area contributed by atoms with Gasteiger partial charge in [0.1, 0.15) is 0 Å². The van der Waals surface area contributed by atoms with Crippen molar-refractivity contribution in [1.82, 2.24) is 0 Å². The number of methoxy groups -OCH3 is 1. The summed E-state index contributed by atoms with van der Waals surface area (Å²) in [6.07, 6.45) is 3.73. The van der Waals surface area contributed by atoms with Crippen LogP contribution in [0.5, 0.6) is 0 Å². The van der Waals surface area contributed by atoms with Gasteiger partial charge in [-0.2, -0.15) is 0 Å². The normalized spacial score (nSPS) is 10.7. The van der Waals surface area contributed by atoms with E-state index in [1.165, 1.54) is 7.11 Å². The van der Waals surface area contributed by atoms with Gasteiger partial charge in [0.25, 0.3) is 0 Å². The molecule has 0 atom stereocenters. The Kier molecular flexibility index (Phi) is 12.5. The topological polar surface area (TPSA) is 84.9 Å². The molecule has 0 aliphatic rings. The monoisotopic (exact) mass is 238 g/mol. The van der Waals surface area contributed by atoms with Gasteiger partial charge in [-0.1, -0.05) is 11.6 Å². The Morgan fingerprint density at radius 1 is 1.33 bits per heavy atom. The number of nitrogens with two attached hydrogens (primary N) is 1. The van der Waals surface area contributed by atoms with Crippen molar-refractivity contribution in [3.05, 3.63) is 0 Å². The molecule has 3 N–H and O–H groups in total. The third-order valence-corrected chi connectivity index (χ3v) is 1.95. The minimum atomic E-state index is -0.181. The maximum absolute atomic E-state index is 10.7. The summed E-state index contributed by atoms with van der Waals surface area (Å²) >= 11 is 0. The van der Waals surface area contributed by atoms with Crippen LogP contribution in [-0.4, -0.2) is 30.5 Å². The van der Waals surface area contributed by atoms with Crippen molar-refractivity contribution in [2.75, 3.05) is 13.7 Å². The zero-order valence-electron chi connectivity index (χ0n) is 8.94. The Bertz CT molecular complexity index is 198. The average Bonchev–Trinajstić information content (AvgIpc) is 2.23. The maximum Gasteiger partial charge on any atom is 0.305 e. The fraction of sp³-hybridized carbons (Fsp3) is 0.778. The lowest BCUT2D eigenvalue weighted by Crippen LogP contribution is -2.13. The lowest BCUT2D eigenvalue weighted by atomic mass is 10.1. The minimum Gasteiger partial charge on any atom is -0.469 e. The average molecular weight is 239 g/mol. The highest BCUT2D eigenvalue weighted by Crippen LogP contribution is 2.04. The molecule has 6 heteroatoms. The van der Waals surface area contributed by atoms with Gasteiger partial charge in [-0.25, -0.2) is 0 Å². The number of carbonyl (C=O) groups excluding carboxylic acids is 1. The molecule has 0 fully saturated rings. The van der Waals surface area contributed by atoms with Crippen LogP contribution in [0.2, 0.25) is 0 Å². The quantitative estimate of drug-likeness (QED) is 0.230. The van der Waals surface area contributed by atoms with Crippen molar-refractivity contribution < 1.29 is 14.7 Å². The van der Waals surface area contributed by atoms with Crippen LogP contribution in [0, 0.1) is 0 Å².